The number of hydrogen-bond donors (Lipinski definition) is 3. The minimum atomic E-state index is -1.56. The molecule has 130 valence electrons. The fourth-order valence-corrected chi connectivity index (χ4v) is 4.25. The van der Waals surface area contributed by atoms with Crippen LogP contribution < -0.4 is 10.2 Å². The lowest BCUT2D eigenvalue weighted by molar-refractivity contribution is -0.133. The molecule has 24 heavy (non-hydrogen) atoms. The number of carbonyl (C=O) groups is 1. The van der Waals surface area contributed by atoms with E-state index in [1.54, 1.807) is 6.92 Å². The minimum Gasteiger partial charge on any atom is -0.478 e. The summed E-state index contributed by atoms with van der Waals surface area (Å²) in [5, 5.41) is 22.2. The Bertz CT molecular complexity index is 705. The molecule has 8 heteroatoms. The van der Waals surface area contributed by atoms with E-state index in [-0.39, 0.29) is 27.6 Å². The third-order valence-electron chi connectivity index (χ3n) is 4.27. The molecule has 2 aliphatic heterocycles. The lowest BCUT2D eigenvalue weighted by Gasteiger charge is -2.33. The molecule has 5 nitrogen and oxygen atoms in total. The first kappa shape index (κ1) is 17.2. The summed E-state index contributed by atoms with van der Waals surface area (Å²) in [6.45, 7) is 3.29. The number of benzene rings is 1. The summed E-state index contributed by atoms with van der Waals surface area (Å²) in [7, 11) is 0. The van der Waals surface area contributed by atoms with Crippen LogP contribution in [0.3, 0.4) is 0 Å². The SMILES string of the molecule is CCN1C=C(C(=O)O)C(O)c2cc(F)c(C3CNCCS3)c(F)c21. The Morgan fingerprint density at radius 3 is 2.83 bits per heavy atom. The van der Waals surface area contributed by atoms with E-state index in [4.69, 9.17) is 0 Å². The summed E-state index contributed by atoms with van der Waals surface area (Å²) in [6.07, 6.45) is -0.345. The molecule has 1 saturated heterocycles. The summed E-state index contributed by atoms with van der Waals surface area (Å²) < 4.78 is 29.7. The van der Waals surface area contributed by atoms with Gasteiger partial charge in [-0.1, -0.05) is 0 Å². The van der Waals surface area contributed by atoms with Crippen LogP contribution in [0.2, 0.25) is 0 Å². The number of nitrogens with zero attached hydrogens (tertiary/aromatic N) is 1. The molecule has 2 atom stereocenters. The van der Waals surface area contributed by atoms with E-state index in [2.05, 4.69) is 5.32 Å². The van der Waals surface area contributed by atoms with E-state index < -0.39 is 23.7 Å². The number of aliphatic hydroxyl groups is 1. The number of carboxylic acid groups (broad SMARTS) is 1. The summed E-state index contributed by atoms with van der Waals surface area (Å²) in [5.41, 5.74) is -0.324. The predicted molar refractivity (Wildman–Crippen MR) is 88.1 cm³/mol. The first-order valence-electron chi connectivity index (χ1n) is 7.69. The van der Waals surface area contributed by atoms with Crippen LogP contribution in [0.25, 0.3) is 0 Å². The zero-order valence-corrected chi connectivity index (χ0v) is 13.9. The topological polar surface area (TPSA) is 72.8 Å². The molecule has 1 fully saturated rings. The van der Waals surface area contributed by atoms with Crippen LogP contribution >= 0.6 is 11.8 Å². The molecule has 3 N–H and O–H groups in total. The smallest absolute Gasteiger partial charge is 0.336 e. The highest BCUT2D eigenvalue weighted by Gasteiger charge is 2.35. The van der Waals surface area contributed by atoms with E-state index in [1.807, 2.05) is 0 Å². The number of carboxylic acids is 1. The van der Waals surface area contributed by atoms with Crippen molar-refractivity contribution in [3.8, 4) is 0 Å². The van der Waals surface area contributed by atoms with Crippen LogP contribution in [-0.4, -0.2) is 41.6 Å². The average molecular weight is 356 g/mol. The number of aliphatic carboxylic acids is 1. The Labute approximate surface area is 142 Å². The molecule has 2 unspecified atom stereocenters. The number of nitrogens with one attached hydrogen (secondary N) is 1. The van der Waals surface area contributed by atoms with Crippen molar-refractivity contribution < 1.29 is 23.8 Å². The van der Waals surface area contributed by atoms with Gasteiger partial charge in [0.15, 0.2) is 5.82 Å². The molecular weight excluding hydrogens is 338 g/mol. The van der Waals surface area contributed by atoms with Gasteiger partial charge in [-0.3, -0.25) is 0 Å². The molecule has 0 bridgehead atoms. The van der Waals surface area contributed by atoms with Crippen molar-refractivity contribution in [2.45, 2.75) is 18.3 Å². The van der Waals surface area contributed by atoms with Gasteiger partial charge in [-0.05, 0) is 13.0 Å². The highest BCUT2D eigenvalue weighted by atomic mass is 32.2. The number of halogens is 2. The van der Waals surface area contributed by atoms with Crippen molar-refractivity contribution in [3.05, 3.63) is 40.6 Å². The minimum absolute atomic E-state index is 0.0243. The number of thioether (sulfide) groups is 1. The summed E-state index contributed by atoms with van der Waals surface area (Å²) in [5.74, 6) is -2.05. The molecule has 0 radical (unpaired) electrons. The van der Waals surface area contributed by atoms with Crippen LogP contribution in [0.1, 0.15) is 29.4 Å². The van der Waals surface area contributed by atoms with Crippen LogP contribution in [0.4, 0.5) is 14.5 Å². The Balaban J connectivity index is 2.14. The van der Waals surface area contributed by atoms with Gasteiger partial charge in [0.05, 0.1) is 11.3 Å². The molecule has 0 aliphatic carbocycles. The van der Waals surface area contributed by atoms with Crippen molar-refractivity contribution in [2.24, 2.45) is 0 Å². The Kier molecular flexibility index (Phi) is 4.80. The van der Waals surface area contributed by atoms with Crippen LogP contribution in [0.15, 0.2) is 17.8 Å². The summed E-state index contributed by atoms with van der Waals surface area (Å²) in [4.78, 5) is 12.7. The third-order valence-corrected chi connectivity index (χ3v) is 5.51. The van der Waals surface area contributed by atoms with Gasteiger partial charge in [0.1, 0.15) is 11.9 Å². The third kappa shape index (κ3) is 2.78. The second-order valence-electron chi connectivity index (χ2n) is 5.67. The standard InChI is InChI=1S/C16H18F2N2O3S/c1-2-20-7-9(16(22)23)15(21)8-5-10(17)12(13(18)14(8)20)11-6-19-3-4-24-11/h5,7,11,15,19,21H,2-4,6H2,1H3,(H,22,23). The molecule has 1 aromatic carbocycles. The lowest BCUT2D eigenvalue weighted by atomic mass is 9.93. The van der Waals surface area contributed by atoms with Gasteiger partial charge >= 0.3 is 5.97 Å². The molecule has 1 aromatic rings. The number of hydrogen-bond acceptors (Lipinski definition) is 5. The summed E-state index contributed by atoms with van der Waals surface area (Å²) >= 11 is 1.48. The fourth-order valence-electron chi connectivity index (χ4n) is 3.08. The number of fused-ring (bicyclic) bond motifs is 1. The quantitative estimate of drug-likeness (QED) is 0.771. The normalized spacial score (nSPS) is 23.7. The average Bonchev–Trinajstić information content (AvgIpc) is 2.56. The van der Waals surface area contributed by atoms with E-state index in [0.717, 1.165) is 18.4 Å². The van der Waals surface area contributed by atoms with Crippen molar-refractivity contribution in [2.75, 3.05) is 30.3 Å². The highest BCUT2D eigenvalue weighted by molar-refractivity contribution is 7.99. The molecular formula is C16H18F2N2O3S. The van der Waals surface area contributed by atoms with Gasteiger partial charge in [0, 0.05) is 48.0 Å². The van der Waals surface area contributed by atoms with Crippen LogP contribution in [0, 0.1) is 11.6 Å². The van der Waals surface area contributed by atoms with Gasteiger partial charge in [0.25, 0.3) is 0 Å². The molecule has 0 saturated carbocycles. The molecule has 0 amide bonds. The molecule has 2 heterocycles. The second kappa shape index (κ2) is 6.70. The molecule has 3 rings (SSSR count). The highest BCUT2D eigenvalue weighted by Crippen LogP contribution is 2.44. The number of anilines is 1. The zero-order valence-electron chi connectivity index (χ0n) is 13.1. The first-order valence-corrected chi connectivity index (χ1v) is 8.74. The lowest BCUT2D eigenvalue weighted by Crippen LogP contribution is -2.31. The van der Waals surface area contributed by atoms with Crippen molar-refractivity contribution >= 4 is 23.4 Å². The Morgan fingerprint density at radius 2 is 2.25 bits per heavy atom. The number of aliphatic hydroxyl groups excluding tert-OH is 1. The number of rotatable bonds is 3. The van der Waals surface area contributed by atoms with Gasteiger partial charge in [-0.15, -0.1) is 0 Å². The van der Waals surface area contributed by atoms with E-state index >= 15 is 4.39 Å². The van der Waals surface area contributed by atoms with Gasteiger partial charge in [-0.25, -0.2) is 13.6 Å². The first-order chi connectivity index (χ1) is 11.5. The Hall–Kier alpha value is -1.64. The molecule has 0 aromatic heterocycles. The maximum absolute atomic E-state index is 15.1. The largest absolute Gasteiger partial charge is 0.478 e. The fraction of sp³-hybridized carbons (Fsp3) is 0.438. The molecule has 0 spiro atoms. The van der Waals surface area contributed by atoms with E-state index in [1.165, 1.54) is 22.9 Å². The Morgan fingerprint density at radius 1 is 1.50 bits per heavy atom. The van der Waals surface area contributed by atoms with E-state index in [9.17, 15) is 19.4 Å². The van der Waals surface area contributed by atoms with Crippen molar-refractivity contribution in [1.29, 1.82) is 0 Å². The van der Waals surface area contributed by atoms with Crippen molar-refractivity contribution in [3.63, 3.8) is 0 Å². The van der Waals surface area contributed by atoms with Gasteiger partial charge in [0.2, 0.25) is 0 Å². The van der Waals surface area contributed by atoms with Crippen molar-refractivity contribution in [1.82, 2.24) is 5.32 Å². The zero-order chi connectivity index (χ0) is 17.4. The maximum atomic E-state index is 15.1. The maximum Gasteiger partial charge on any atom is 0.336 e. The second-order valence-corrected chi connectivity index (χ2v) is 6.98. The summed E-state index contributed by atoms with van der Waals surface area (Å²) in [6, 6.07) is 1.06. The predicted octanol–water partition coefficient (Wildman–Crippen LogP) is 2.18. The van der Waals surface area contributed by atoms with Crippen LogP contribution in [-0.2, 0) is 4.79 Å². The van der Waals surface area contributed by atoms with Gasteiger partial charge in [-0.2, -0.15) is 11.8 Å². The van der Waals surface area contributed by atoms with Gasteiger partial charge < -0.3 is 20.4 Å². The molecule has 2 aliphatic rings. The monoisotopic (exact) mass is 356 g/mol. The van der Waals surface area contributed by atoms with Crippen LogP contribution in [0.5, 0.6) is 0 Å². The van der Waals surface area contributed by atoms with E-state index in [0.29, 0.717) is 13.1 Å².